The van der Waals surface area contributed by atoms with E-state index in [1.54, 1.807) is 7.11 Å². The fraction of sp³-hybridized carbons (Fsp3) is 0.417. The van der Waals surface area contributed by atoms with E-state index < -0.39 is 0 Å². The summed E-state index contributed by atoms with van der Waals surface area (Å²) in [7, 11) is 1.66. The number of anilines is 1. The SMILES string of the molecule is COC(=S)[C@@H]1CCCN1c1ccccc1. The number of rotatable bonds is 2. The summed E-state index contributed by atoms with van der Waals surface area (Å²) in [4.78, 5) is 2.33. The third-order valence-corrected chi connectivity index (χ3v) is 3.25. The van der Waals surface area contributed by atoms with Crippen LogP contribution in [0.25, 0.3) is 0 Å². The Bertz CT molecular complexity index is 339. The minimum Gasteiger partial charge on any atom is -0.488 e. The number of nitrogens with zero attached hydrogens (tertiary/aromatic N) is 1. The summed E-state index contributed by atoms with van der Waals surface area (Å²) in [6, 6.07) is 10.7. The van der Waals surface area contributed by atoms with Crippen LogP contribution >= 0.6 is 12.2 Å². The number of ether oxygens (including phenoxy) is 1. The highest BCUT2D eigenvalue weighted by atomic mass is 32.1. The highest BCUT2D eigenvalue weighted by Gasteiger charge is 2.28. The molecule has 0 saturated carbocycles. The Morgan fingerprint density at radius 3 is 2.80 bits per heavy atom. The molecular formula is C12H15NOS. The molecule has 0 aliphatic carbocycles. The quantitative estimate of drug-likeness (QED) is 0.712. The molecule has 1 aliphatic heterocycles. The monoisotopic (exact) mass is 221 g/mol. The zero-order chi connectivity index (χ0) is 10.7. The van der Waals surface area contributed by atoms with E-state index in [-0.39, 0.29) is 6.04 Å². The van der Waals surface area contributed by atoms with Crippen LogP contribution in [0.15, 0.2) is 30.3 Å². The highest BCUT2D eigenvalue weighted by molar-refractivity contribution is 7.80. The molecule has 0 bridgehead atoms. The smallest absolute Gasteiger partial charge is 0.181 e. The summed E-state index contributed by atoms with van der Waals surface area (Å²) in [6.45, 7) is 1.07. The Morgan fingerprint density at radius 1 is 1.40 bits per heavy atom. The number of benzene rings is 1. The summed E-state index contributed by atoms with van der Waals surface area (Å²) in [5.74, 6) is 0. The molecule has 0 N–H and O–H groups in total. The van der Waals surface area contributed by atoms with Gasteiger partial charge in [-0.1, -0.05) is 18.2 Å². The van der Waals surface area contributed by atoms with Gasteiger partial charge in [-0.05, 0) is 37.2 Å². The minimum atomic E-state index is 0.271. The fourth-order valence-corrected chi connectivity index (χ4v) is 2.32. The van der Waals surface area contributed by atoms with Crippen LogP contribution in [0.5, 0.6) is 0 Å². The lowest BCUT2D eigenvalue weighted by molar-refractivity contribution is 0.393. The lowest BCUT2D eigenvalue weighted by Gasteiger charge is -2.26. The van der Waals surface area contributed by atoms with Crippen molar-refractivity contribution in [3.8, 4) is 0 Å². The van der Waals surface area contributed by atoms with Crippen LogP contribution in [0.2, 0.25) is 0 Å². The Kier molecular flexibility index (Phi) is 3.21. The number of thiocarbonyl (C=S) groups is 1. The lowest BCUT2D eigenvalue weighted by Crippen LogP contribution is -2.35. The molecule has 1 aromatic rings. The van der Waals surface area contributed by atoms with Gasteiger partial charge in [0.05, 0.1) is 13.2 Å². The van der Waals surface area contributed by atoms with Gasteiger partial charge < -0.3 is 9.64 Å². The third-order valence-electron chi connectivity index (χ3n) is 2.81. The molecule has 0 unspecified atom stereocenters. The first-order chi connectivity index (χ1) is 7.33. The molecule has 15 heavy (non-hydrogen) atoms. The molecule has 1 saturated heterocycles. The normalized spacial score (nSPS) is 20.3. The van der Waals surface area contributed by atoms with Gasteiger partial charge in [-0.15, -0.1) is 0 Å². The largest absolute Gasteiger partial charge is 0.488 e. The predicted octanol–water partition coefficient (Wildman–Crippen LogP) is 2.63. The van der Waals surface area contributed by atoms with Crippen molar-refractivity contribution in [3.63, 3.8) is 0 Å². The van der Waals surface area contributed by atoms with Gasteiger partial charge >= 0.3 is 0 Å². The van der Waals surface area contributed by atoms with Crippen LogP contribution in [0.4, 0.5) is 5.69 Å². The molecule has 1 fully saturated rings. The molecule has 2 rings (SSSR count). The number of para-hydroxylation sites is 1. The second-order valence-corrected chi connectivity index (χ2v) is 4.11. The first kappa shape index (κ1) is 10.4. The van der Waals surface area contributed by atoms with Gasteiger partial charge in [0, 0.05) is 12.2 Å². The summed E-state index contributed by atoms with van der Waals surface area (Å²) >= 11 is 5.23. The van der Waals surface area contributed by atoms with Crippen molar-refractivity contribution in [2.75, 3.05) is 18.6 Å². The van der Waals surface area contributed by atoms with Crippen LogP contribution in [-0.2, 0) is 4.74 Å². The van der Waals surface area contributed by atoms with Gasteiger partial charge in [0.15, 0.2) is 5.05 Å². The van der Waals surface area contributed by atoms with Crippen molar-refractivity contribution in [1.82, 2.24) is 0 Å². The molecule has 1 aromatic carbocycles. The van der Waals surface area contributed by atoms with E-state index >= 15 is 0 Å². The van der Waals surface area contributed by atoms with Crippen molar-refractivity contribution in [3.05, 3.63) is 30.3 Å². The molecule has 0 radical (unpaired) electrons. The summed E-state index contributed by atoms with van der Waals surface area (Å²) in [6.07, 6.45) is 2.28. The standard InChI is InChI=1S/C12H15NOS/c1-14-12(15)11-8-5-9-13(11)10-6-3-2-4-7-10/h2-4,6-7,11H,5,8-9H2,1H3/t11-/m0/s1. The second kappa shape index (κ2) is 4.62. The van der Waals surface area contributed by atoms with Crippen molar-refractivity contribution in [2.24, 2.45) is 0 Å². The van der Waals surface area contributed by atoms with E-state index in [9.17, 15) is 0 Å². The van der Waals surface area contributed by atoms with Crippen molar-refractivity contribution < 1.29 is 4.74 Å². The van der Waals surface area contributed by atoms with Gasteiger partial charge in [-0.2, -0.15) is 0 Å². The molecule has 0 spiro atoms. The van der Waals surface area contributed by atoms with Crippen molar-refractivity contribution in [1.29, 1.82) is 0 Å². The van der Waals surface area contributed by atoms with Gasteiger partial charge in [-0.3, -0.25) is 0 Å². The predicted molar refractivity (Wildman–Crippen MR) is 66.4 cm³/mol. The van der Waals surface area contributed by atoms with Gasteiger partial charge in [-0.25, -0.2) is 0 Å². The van der Waals surface area contributed by atoms with Crippen LogP contribution in [0.3, 0.4) is 0 Å². The van der Waals surface area contributed by atoms with Gasteiger partial charge in [0.2, 0.25) is 0 Å². The van der Waals surface area contributed by atoms with E-state index in [4.69, 9.17) is 17.0 Å². The summed E-state index contributed by atoms with van der Waals surface area (Å²) in [5.41, 5.74) is 1.24. The zero-order valence-corrected chi connectivity index (χ0v) is 9.67. The first-order valence-corrected chi connectivity index (χ1v) is 5.63. The topological polar surface area (TPSA) is 12.5 Å². The van der Waals surface area contributed by atoms with Crippen LogP contribution in [-0.4, -0.2) is 24.7 Å². The summed E-state index contributed by atoms with van der Waals surface area (Å²) in [5, 5.41) is 0.705. The number of methoxy groups -OCH3 is 1. The second-order valence-electron chi connectivity index (χ2n) is 3.71. The molecule has 3 heteroatoms. The number of hydrogen-bond acceptors (Lipinski definition) is 3. The fourth-order valence-electron chi connectivity index (χ4n) is 2.08. The number of hydrogen-bond donors (Lipinski definition) is 0. The molecule has 2 nitrogen and oxygen atoms in total. The maximum atomic E-state index is 5.23. The van der Waals surface area contributed by atoms with Crippen LogP contribution < -0.4 is 4.90 Å². The van der Waals surface area contributed by atoms with E-state index in [0.29, 0.717) is 5.05 Å². The average molecular weight is 221 g/mol. The van der Waals surface area contributed by atoms with Crippen molar-refractivity contribution >= 4 is 23.0 Å². The molecule has 1 atom stereocenters. The molecular weight excluding hydrogens is 206 g/mol. The van der Waals surface area contributed by atoms with E-state index in [0.717, 1.165) is 13.0 Å². The molecule has 80 valence electrons. The minimum absolute atomic E-state index is 0.271. The highest BCUT2D eigenvalue weighted by Crippen LogP contribution is 2.26. The zero-order valence-electron chi connectivity index (χ0n) is 8.85. The molecule has 0 amide bonds. The maximum Gasteiger partial charge on any atom is 0.181 e. The Labute approximate surface area is 95.8 Å². The molecule has 1 heterocycles. The van der Waals surface area contributed by atoms with Gasteiger partial charge in [0.1, 0.15) is 0 Å². The maximum absolute atomic E-state index is 5.23. The average Bonchev–Trinajstić information content (AvgIpc) is 2.78. The first-order valence-electron chi connectivity index (χ1n) is 5.22. The van der Waals surface area contributed by atoms with Crippen LogP contribution in [0, 0.1) is 0 Å². The van der Waals surface area contributed by atoms with Gasteiger partial charge in [0.25, 0.3) is 0 Å². The molecule has 1 aliphatic rings. The summed E-state index contributed by atoms with van der Waals surface area (Å²) < 4.78 is 5.18. The molecule has 0 aromatic heterocycles. The van der Waals surface area contributed by atoms with E-state index in [2.05, 4.69) is 29.2 Å². The Hall–Kier alpha value is -1.09. The Morgan fingerprint density at radius 2 is 2.13 bits per heavy atom. The van der Waals surface area contributed by atoms with Crippen LogP contribution in [0.1, 0.15) is 12.8 Å². The lowest BCUT2D eigenvalue weighted by atomic mass is 10.2. The Balaban J connectivity index is 2.18. The van der Waals surface area contributed by atoms with E-state index in [1.807, 2.05) is 6.07 Å². The van der Waals surface area contributed by atoms with Crippen molar-refractivity contribution in [2.45, 2.75) is 18.9 Å². The third kappa shape index (κ3) is 2.12. The van der Waals surface area contributed by atoms with E-state index in [1.165, 1.54) is 12.1 Å².